The Balaban J connectivity index is 2.39. The number of hydrogen-bond acceptors (Lipinski definition) is 1. The maximum atomic E-state index is 13.2. The third-order valence-electron chi connectivity index (χ3n) is 2.86. The first-order chi connectivity index (χ1) is 8.70. The van der Waals surface area contributed by atoms with E-state index < -0.39 is 0 Å². The van der Waals surface area contributed by atoms with Gasteiger partial charge in [-0.05, 0) is 35.4 Å². The van der Waals surface area contributed by atoms with Crippen LogP contribution in [0.5, 0.6) is 0 Å². The van der Waals surface area contributed by atoms with Crippen LogP contribution in [-0.2, 0) is 4.79 Å². The van der Waals surface area contributed by atoms with Gasteiger partial charge >= 0.3 is 0 Å². The van der Waals surface area contributed by atoms with Gasteiger partial charge in [-0.25, -0.2) is 8.78 Å². The quantitative estimate of drug-likeness (QED) is 0.752. The summed E-state index contributed by atoms with van der Waals surface area (Å²) in [6.45, 7) is 0. The van der Waals surface area contributed by atoms with Gasteiger partial charge in [0, 0.05) is 12.3 Å². The summed E-state index contributed by atoms with van der Waals surface area (Å²) in [5.74, 6) is -0.910. The Morgan fingerprint density at radius 3 is 2.28 bits per heavy atom. The highest BCUT2D eigenvalue weighted by atomic mass is 19.1. The molecule has 0 radical (unpaired) electrons. The Bertz CT molecular complexity index is 534. The molecule has 0 fully saturated rings. The molecule has 0 saturated heterocycles. The van der Waals surface area contributed by atoms with Crippen LogP contribution < -0.4 is 0 Å². The zero-order chi connectivity index (χ0) is 13.0. The lowest BCUT2D eigenvalue weighted by Gasteiger charge is -2.15. The highest BCUT2D eigenvalue weighted by molar-refractivity contribution is 5.54. The minimum absolute atomic E-state index is 0.237. The minimum Gasteiger partial charge on any atom is -0.303 e. The number of rotatable bonds is 4. The molecule has 1 nitrogen and oxygen atoms in total. The molecule has 0 aliphatic heterocycles. The molecule has 0 aromatic heterocycles. The molecule has 0 spiro atoms. The molecule has 2 rings (SSSR count). The van der Waals surface area contributed by atoms with Crippen molar-refractivity contribution in [3.63, 3.8) is 0 Å². The molecule has 0 bridgehead atoms. The van der Waals surface area contributed by atoms with Gasteiger partial charge in [0.1, 0.15) is 17.9 Å². The van der Waals surface area contributed by atoms with Gasteiger partial charge in [0.15, 0.2) is 0 Å². The topological polar surface area (TPSA) is 17.1 Å². The summed E-state index contributed by atoms with van der Waals surface area (Å²) in [5.41, 5.74) is 1.52. The number of benzene rings is 2. The van der Waals surface area contributed by atoms with Crippen LogP contribution in [-0.4, -0.2) is 6.29 Å². The van der Waals surface area contributed by atoms with Gasteiger partial charge in [-0.2, -0.15) is 0 Å². The Hall–Kier alpha value is -2.03. The summed E-state index contributed by atoms with van der Waals surface area (Å²) in [6.07, 6.45) is 1.04. The van der Waals surface area contributed by atoms with Crippen molar-refractivity contribution in [2.75, 3.05) is 0 Å². The summed E-state index contributed by atoms with van der Waals surface area (Å²) in [7, 11) is 0. The molecular weight excluding hydrogens is 234 g/mol. The fraction of sp³-hybridized carbons (Fsp3) is 0.133. The Labute approximate surface area is 104 Å². The van der Waals surface area contributed by atoms with Gasteiger partial charge < -0.3 is 4.79 Å². The van der Waals surface area contributed by atoms with Gasteiger partial charge in [-0.15, -0.1) is 0 Å². The predicted octanol–water partition coefficient (Wildman–Crippen LogP) is 3.69. The Morgan fingerprint density at radius 1 is 0.944 bits per heavy atom. The van der Waals surface area contributed by atoms with Crippen LogP contribution in [0.2, 0.25) is 0 Å². The van der Waals surface area contributed by atoms with E-state index in [1.807, 2.05) is 0 Å². The van der Waals surface area contributed by atoms with E-state index in [4.69, 9.17) is 0 Å². The van der Waals surface area contributed by atoms with Crippen molar-refractivity contribution in [1.29, 1.82) is 0 Å². The molecule has 0 unspecified atom stereocenters. The SMILES string of the molecule is O=CC[C@H](c1ccc(F)cc1)c1cccc(F)c1. The molecule has 1 atom stereocenters. The largest absolute Gasteiger partial charge is 0.303 e. The smallest absolute Gasteiger partial charge is 0.123 e. The molecule has 92 valence electrons. The highest BCUT2D eigenvalue weighted by Gasteiger charge is 2.14. The molecular formula is C15H12F2O. The molecule has 0 heterocycles. The van der Waals surface area contributed by atoms with Gasteiger partial charge in [0.2, 0.25) is 0 Å². The van der Waals surface area contributed by atoms with Crippen LogP contribution in [0.15, 0.2) is 48.5 Å². The minimum atomic E-state index is -0.342. The number of hydrogen-bond donors (Lipinski definition) is 0. The van der Waals surface area contributed by atoms with Gasteiger partial charge in [-0.3, -0.25) is 0 Å². The third kappa shape index (κ3) is 2.80. The number of aldehydes is 1. The fourth-order valence-electron chi connectivity index (χ4n) is 1.98. The molecule has 0 N–H and O–H groups in total. The molecule has 2 aromatic carbocycles. The van der Waals surface area contributed by atoms with Crippen molar-refractivity contribution in [3.05, 3.63) is 71.3 Å². The Kier molecular flexibility index (Phi) is 3.82. The lowest BCUT2D eigenvalue weighted by molar-refractivity contribution is -0.108. The van der Waals surface area contributed by atoms with Gasteiger partial charge in [0.05, 0.1) is 0 Å². The van der Waals surface area contributed by atoms with Gasteiger partial charge in [-0.1, -0.05) is 24.3 Å². The summed E-state index contributed by atoms with van der Waals surface area (Å²) >= 11 is 0. The monoisotopic (exact) mass is 246 g/mol. The van der Waals surface area contributed by atoms with Crippen molar-refractivity contribution in [2.45, 2.75) is 12.3 Å². The first-order valence-electron chi connectivity index (χ1n) is 5.65. The lowest BCUT2D eigenvalue weighted by Crippen LogP contribution is -2.02. The molecule has 0 amide bonds. The number of halogens is 2. The molecule has 0 aliphatic rings. The van der Waals surface area contributed by atoms with E-state index in [1.54, 1.807) is 24.3 Å². The van der Waals surface area contributed by atoms with Crippen LogP contribution in [0.25, 0.3) is 0 Å². The fourth-order valence-corrected chi connectivity index (χ4v) is 1.98. The van der Waals surface area contributed by atoms with E-state index in [9.17, 15) is 13.6 Å². The summed E-state index contributed by atoms with van der Waals surface area (Å²) in [4.78, 5) is 10.7. The molecule has 0 aliphatic carbocycles. The maximum absolute atomic E-state index is 13.2. The molecule has 18 heavy (non-hydrogen) atoms. The van der Waals surface area contributed by atoms with Crippen LogP contribution in [0, 0.1) is 11.6 Å². The zero-order valence-electron chi connectivity index (χ0n) is 9.64. The van der Waals surface area contributed by atoms with Crippen LogP contribution >= 0.6 is 0 Å². The normalized spacial score (nSPS) is 12.1. The van der Waals surface area contributed by atoms with E-state index in [-0.39, 0.29) is 24.0 Å². The van der Waals surface area contributed by atoms with Crippen LogP contribution in [0.4, 0.5) is 8.78 Å². The van der Waals surface area contributed by atoms with E-state index in [0.29, 0.717) is 5.56 Å². The third-order valence-corrected chi connectivity index (χ3v) is 2.86. The van der Waals surface area contributed by atoms with Crippen LogP contribution in [0.1, 0.15) is 23.5 Å². The van der Waals surface area contributed by atoms with Crippen molar-refractivity contribution in [3.8, 4) is 0 Å². The second-order valence-electron chi connectivity index (χ2n) is 4.06. The van der Waals surface area contributed by atoms with Crippen molar-refractivity contribution < 1.29 is 13.6 Å². The van der Waals surface area contributed by atoms with E-state index in [1.165, 1.54) is 24.3 Å². The van der Waals surface area contributed by atoms with Crippen molar-refractivity contribution in [1.82, 2.24) is 0 Å². The number of carbonyl (C=O) groups is 1. The second-order valence-corrected chi connectivity index (χ2v) is 4.06. The lowest BCUT2D eigenvalue weighted by atomic mass is 9.89. The number of carbonyl (C=O) groups excluding carboxylic acids is 1. The second kappa shape index (κ2) is 5.54. The molecule has 0 saturated carbocycles. The Morgan fingerprint density at radius 2 is 1.67 bits per heavy atom. The van der Waals surface area contributed by atoms with Crippen LogP contribution in [0.3, 0.4) is 0 Å². The average molecular weight is 246 g/mol. The summed E-state index contributed by atoms with van der Waals surface area (Å²) in [6, 6.07) is 12.0. The first kappa shape index (κ1) is 12.4. The molecule has 2 aromatic rings. The van der Waals surface area contributed by atoms with E-state index in [2.05, 4.69) is 0 Å². The summed E-state index contributed by atoms with van der Waals surface area (Å²) in [5, 5.41) is 0. The highest BCUT2D eigenvalue weighted by Crippen LogP contribution is 2.27. The summed E-state index contributed by atoms with van der Waals surface area (Å²) < 4.78 is 26.1. The first-order valence-corrected chi connectivity index (χ1v) is 5.65. The predicted molar refractivity (Wildman–Crippen MR) is 65.3 cm³/mol. The molecule has 3 heteroatoms. The zero-order valence-corrected chi connectivity index (χ0v) is 9.64. The van der Waals surface area contributed by atoms with Crippen molar-refractivity contribution in [2.24, 2.45) is 0 Å². The standard InChI is InChI=1S/C15H12F2O/c16-13-6-4-11(5-7-13)15(8-9-18)12-2-1-3-14(17)10-12/h1-7,9-10,15H,8H2/t15-/m1/s1. The van der Waals surface area contributed by atoms with E-state index >= 15 is 0 Å². The van der Waals surface area contributed by atoms with E-state index in [0.717, 1.165) is 11.8 Å². The van der Waals surface area contributed by atoms with Crippen molar-refractivity contribution >= 4 is 6.29 Å². The average Bonchev–Trinajstić information content (AvgIpc) is 2.37. The van der Waals surface area contributed by atoms with Gasteiger partial charge in [0.25, 0.3) is 0 Å². The maximum Gasteiger partial charge on any atom is 0.123 e.